The Morgan fingerprint density at radius 3 is 2.52 bits per heavy atom. The first-order valence-electron chi connectivity index (χ1n) is 8.71. The van der Waals surface area contributed by atoms with Gasteiger partial charge in [-0.15, -0.1) is 0 Å². The zero-order chi connectivity index (χ0) is 15.2. The minimum Gasteiger partial charge on any atom is -0.382 e. The maximum atomic E-state index is 5.73. The molecule has 1 aliphatic carbocycles. The van der Waals surface area contributed by atoms with Gasteiger partial charge < -0.3 is 14.8 Å². The molecule has 0 aromatic carbocycles. The molecule has 0 radical (unpaired) electrons. The molecule has 2 fully saturated rings. The van der Waals surface area contributed by atoms with Crippen molar-refractivity contribution in [2.45, 2.75) is 63.5 Å². The average Bonchev–Trinajstić information content (AvgIpc) is 2.52. The summed E-state index contributed by atoms with van der Waals surface area (Å²) in [6, 6.07) is 0. The summed E-state index contributed by atoms with van der Waals surface area (Å²) in [6.07, 6.45) is 8.04. The van der Waals surface area contributed by atoms with E-state index >= 15 is 0 Å². The summed E-state index contributed by atoms with van der Waals surface area (Å²) in [5, 5.41) is 3.84. The number of ether oxygens (including phenoxy) is 2. The summed E-state index contributed by atoms with van der Waals surface area (Å²) in [6.45, 7) is 10.2. The molecular formula is C17H34N2O2. The van der Waals surface area contributed by atoms with Crippen LogP contribution in [-0.2, 0) is 9.47 Å². The van der Waals surface area contributed by atoms with Gasteiger partial charge in [0.05, 0.1) is 19.8 Å². The lowest BCUT2D eigenvalue weighted by Gasteiger charge is -2.55. The molecule has 2 aliphatic rings. The van der Waals surface area contributed by atoms with Crippen molar-refractivity contribution in [2.75, 3.05) is 46.6 Å². The number of nitrogens with zero attached hydrogens (tertiary/aromatic N) is 1. The van der Waals surface area contributed by atoms with Gasteiger partial charge in [-0.1, -0.05) is 26.2 Å². The second kappa shape index (κ2) is 7.91. The van der Waals surface area contributed by atoms with E-state index in [0.29, 0.717) is 18.8 Å². The summed E-state index contributed by atoms with van der Waals surface area (Å²) < 4.78 is 10.8. The number of nitrogens with one attached hydrogen (secondary N) is 1. The topological polar surface area (TPSA) is 33.7 Å². The van der Waals surface area contributed by atoms with E-state index in [1.807, 2.05) is 0 Å². The fraction of sp³-hybridized carbons (Fsp3) is 1.00. The van der Waals surface area contributed by atoms with Crippen LogP contribution in [0.2, 0.25) is 0 Å². The zero-order valence-electron chi connectivity index (χ0n) is 14.2. The largest absolute Gasteiger partial charge is 0.382 e. The van der Waals surface area contributed by atoms with Crippen LogP contribution in [0.1, 0.15) is 52.4 Å². The highest BCUT2D eigenvalue weighted by Gasteiger charge is 2.44. The molecule has 1 saturated carbocycles. The summed E-state index contributed by atoms with van der Waals surface area (Å²) >= 11 is 0. The Labute approximate surface area is 130 Å². The van der Waals surface area contributed by atoms with E-state index in [4.69, 9.17) is 9.47 Å². The highest BCUT2D eigenvalue weighted by Crippen LogP contribution is 2.37. The Bertz CT molecular complexity index is 305. The molecule has 124 valence electrons. The van der Waals surface area contributed by atoms with Gasteiger partial charge in [0.2, 0.25) is 0 Å². The molecule has 0 aromatic rings. The van der Waals surface area contributed by atoms with Gasteiger partial charge in [0.1, 0.15) is 0 Å². The van der Waals surface area contributed by atoms with Gasteiger partial charge in [-0.25, -0.2) is 0 Å². The predicted molar refractivity (Wildman–Crippen MR) is 86.8 cm³/mol. The van der Waals surface area contributed by atoms with Gasteiger partial charge in [-0.2, -0.15) is 0 Å². The quantitative estimate of drug-likeness (QED) is 0.732. The molecule has 1 spiro atoms. The minimum absolute atomic E-state index is 0.259. The van der Waals surface area contributed by atoms with Crippen LogP contribution >= 0.6 is 0 Å². The number of hydrogen-bond donors (Lipinski definition) is 1. The van der Waals surface area contributed by atoms with Crippen LogP contribution < -0.4 is 5.32 Å². The zero-order valence-corrected chi connectivity index (χ0v) is 14.2. The number of piperazine rings is 1. The summed E-state index contributed by atoms with van der Waals surface area (Å²) in [4.78, 5) is 2.74. The van der Waals surface area contributed by atoms with Crippen molar-refractivity contribution < 1.29 is 9.47 Å². The predicted octanol–water partition coefficient (Wildman–Crippen LogP) is 2.43. The second-order valence-corrected chi connectivity index (χ2v) is 7.08. The maximum Gasteiger partial charge on any atom is 0.0700 e. The molecule has 4 nitrogen and oxygen atoms in total. The summed E-state index contributed by atoms with van der Waals surface area (Å²) in [7, 11) is 1.73. The van der Waals surface area contributed by atoms with E-state index in [1.54, 1.807) is 7.11 Å². The van der Waals surface area contributed by atoms with E-state index in [2.05, 4.69) is 24.1 Å². The fourth-order valence-corrected chi connectivity index (χ4v) is 3.81. The lowest BCUT2D eigenvalue weighted by molar-refractivity contribution is -0.0355. The van der Waals surface area contributed by atoms with E-state index < -0.39 is 0 Å². The Balaban J connectivity index is 1.92. The van der Waals surface area contributed by atoms with Crippen LogP contribution in [0.3, 0.4) is 0 Å². The molecule has 1 unspecified atom stereocenters. The van der Waals surface area contributed by atoms with Crippen LogP contribution in [0.5, 0.6) is 0 Å². The van der Waals surface area contributed by atoms with Crippen molar-refractivity contribution in [2.24, 2.45) is 0 Å². The van der Waals surface area contributed by atoms with E-state index in [1.165, 1.54) is 38.5 Å². The van der Waals surface area contributed by atoms with Crippen molar-refractivity contribution in [1.82, 2.24) is 10.2 Å². The van der Waals surface area contributed by atoms with E-state index in [9.17, 15) is 0 Å². The van der Waals surface area contributed by atoms with Crippen molar-refractivity contribution in [3.8, 4) is 0 Å². The van der Waals surface area contributed by atoms with Crippen LogP contribution in [-0.4, -0.2) is 62.5 Å². The molecule has 21 heavy (non-hydrogen) atoms. The minimum atomic E-state index is 0.259. The van der Waals surface area contributed by atoms with E-state index in [0.717, 1.165) is 26.2 Å². The lowest BCUT2D eigenvalue weighted by atomic mass is 9.76. The Morgan fingerprint density at radius 1 is 1.10 bits per heavy atom. The van der Waals surface area contributed by atoms with Gasteiger partial charge in [-0.05, 0) is 26.2 Å². The molecule has 0 aromatic heterocycles. The molecule has 4 heteroatoms. The molecule has 0 amide bonds. The third-order valence-corrected chi connectivity index (χ3v) is 5.56. The standard InChI is InChI=1S/C17H34N2O2/c1-4-16(2)15-19(10-11-21-13-12-20-3)17(14-18-16)8-6-5-7-9-17/h18H,4-15H2,1-3H3. The highest BCUT2D eigenvalue weighted by atomic mass is 16.5. The number of rotatable bonds is 7. The Kier molecular flexibility index (Phi) is 6.48. The first-order valence-corrected chi connectivity index (χ1v) is 8.71. The van der Waals surface area contributed by atoms with Gasteiger partial charge in [-0.3, -0.25) is 4.90 Å². The van der Waals surface area contributed by atoms with Crippen LogP contribution in [0.15, 0.2) is 0 Å². The Morgan fingerprint density at radius 2 is 1.86 bits per heavy atom. The van der Waals surface area contributed by atoms with Gasteiger partial charge in [0.25, 0.3) is 0 Å². The van der Waals surface area contributed by atoms with Crippen molar-refractivity contribution in [1.29, 1.82) is 0 Å². The van der Waals surface area contributed by atoms with Crippen molar-refractivity contribution >= 4 is 0 Å². The summed E-state index contributed by atoms with van der Waals surface area (Å²) in [5.74, 6) is 0. The molecule has 0 bridgehead atoms. The van der Waals surface area contributed by atoms with Crippen molar-refractivity contribution in [3.63, 3.8) is 0 Å². The van der Waals surface area contributed by atoms with Gasteiger partial charge in [0, 0.05) is 37.8 Å². The van der Waals surface area contributed by atoms with Crippen molar-refractivity contribution in [3.05, 3.63) is 0 Å². The first-order chi connectivity index (χ1) is 10.1. The monoisotopic (exact) mass is 298 g/mol. The first kappa shape index (κ1) is 17.2. The van der Waals surface area contributed by atoms with Gasteiger partial charge >= 0.3 is 0 Å². The normalized spacial score (nSPS) is 29.9. The molecule has 2 rings (SSSR count). The SMILES string of the molecule is CCC1(C)CN(CCOCCOC)C2(CCCCC2)CN1. The van der Waals surface area contributed by atoms with Crippen LogP contribution in [0.4, 0.5) is 0 Å². The van der Waals surface area contributed by atoms with Crippen LogP contribution in [0.25, 0.3) is 0 Å². The van der Waals surface area contributed by atoms with Crippen LogP contribution in [0, 0.1) is 0 Å². The number of methoxy groups -OCH3 is 1. The fourth-order valence-electron chi connectivity index (χ4n) is 3.81. The van der Waals surface area contributed by atoms with Gasteiger partial charge in [0.15, 0.2) is 0 Å². The molecule has 1 heterocycles. The second-order valence-electron chi connectivity index (χ2n) is 7.08. The molecule has 1 N–H and O–H groups in total. The average molecular weight is 298 g/mol. The molecule has 1 atom stereocenters. The lowest BCUT2D eigenvalue weighted by Crippen LogP contribution is -2.69. The molecule has 1 saturated heterocycles. The highest BCUT2D eigenvalue weighted by molar-refractivity contribution is 5.04. The number of hydrogen-bond acceptors (Lipinski definition) is 4. The summed E-state index contributed by atoms with van der Waals surface area (Å²) in [5.41, 5.74) is 0.646. The Hall–Kier alpha value is -0.160. The maximum absolute atomic E-state index is 5.73. The molecular weight excluding hydrogens is 264 g/mol. The third kappa shape index (κ3) is 4.41. The van der Waals surface area contributed by atoms with E-state index in [-0.39, 0.29) is 5.54 Å². The molecule has 1 aliphatic heterocycles. The smallest absolute Gasteiger partial charge is 0.0700 e. The third-order valence-electron chi connectivity index (χ3n) is 5.56.